The zero-order valence-corrected chi connectivity index (χ0v) is 12.0. The van der Waals surface area contributed by atoms with E-state index >= 15 is 0 Å². The standard InChI is InChI=1S/C15H21FN2O2/c1-3-17-13-11(6-4-7-12(13)16)14(19)18-15(2)8-5-9-20-10-15/h4,6-7,17H,3,5,8-10H2,1-2H3,(H,18,19). The third kappa shape index (κ3) is 3.28. The quantitative estimate of drug-likeness (QED) is 0.891. The largest absolute Gasteiger partial charge is 0.382 e. The minimum absolute atomic E-state index is 0.257. The molecule has 110 valence electrons. The lowest BCUT2D eigenvalue weighted by atomic mass is 9.94. The van der Waals surface area contributed by atoms with Gasteiger partial charge < -0.3 is 15.4 Å². The lowest BCUT2D eigenvalue weighted by Gasteiger charge is -2.34. The number of hydrogen-bond donors (Lipinski definition) is 2. The van der Waals surface area contributed by atoms with Crippen LogP contribution in [-0.2, 0) is 4.74 Å². The van der Waals surface area contributed by atoms with Gasteiger partial charge in [-0.2, -0.15) is 0 Å². The summed E-state index contributed by atoms with van der Waals surface area (Å²) >= 11 is 0. The third-order valence-electron chi connectivity index (χ3n) is 3.46. The number of amides is 1. The van der Waals surface area contributed by atoms with Crippen LogP contribution in [0.15, 0.2) is 18.2 Å². The van der Waals surface area contributed by atoms with Crippen molar-refractivity contribution >= 4 is 11.6 Å². The molecule has 1 heterocycles. The van der Waals surface area contributed by atoms with Crippen molar-refractivity contribution in [2.45, 2.75) is 32.2 Å². The fraction of sp³-hybridized carbons (Fsp3) is 0.533. The molecule has 1 saturated heterocycles. The molecule has 0 spiro atoms. The number of carbonyl (C=O) groups is 1. The van der Waals surface area contributed by atoms with Crippen molar-refractivity contribution in [3.63, 3.8) is 0 Å². The second kappa shape index (κ2) is 6.22. The molecule has 2 rings (SSSR count). The van der Waals surface area contributed by atoms with Gasteiger partial charge in [-0.3, -0.25) is 4.79 Å². The van der Waals surface area contributed by atoms with Crippen LogP contribution in [0.4, 0.5) is 10.1 Å². The fourth-order valence-corrected chi connectivity index (χ4v) is 2.44. The fourth-order valence-electron chi connectivity index (χ4n) is 2.44. The Morgan fingerprint density at radius 1 is 1.50 bits per heavy atom. The average molecular weight is 280 g/mol. The van der Waals surface area contributed by atoms with Gasteiger partial charge in [0.15, 0.2) is 0 Å². The molecule has 2 N–H and O–H groups in total. The summed E-state index contributed by atoms with van der Waals surface area (Å²) in [4.78, 5) is 12.4. The first-order valence-electron chi connectivity index (χ1n) is 6.98. The van der Waals surface area contributed by atoms with Crippen molar-refractivity contribution in [2.24, 2.45) is 0 Å². The molecule has 1 aromatic carbocycles. The molecule has 1 atom stereocenters. The Kier molecular flexibility index (Phi) is 4.60. The maximum atomic E-state index is 13.8. The molecule has 0 aromatic heterocycles. The molecular formula is C15H21FN2O2. The Morgan fingerprint density at radius 2 is 2.30 bits per heavy atom. The summed E-state index contributed by atoms with van der Waals surface area (Å²) < 4.78 is 19.2. The van der Waals surface area contributed by atoms with Gasteiger partial charge in [0.1, 0.15) is 5.82 Å². The Morgan fingerprint density at radius 3 is 2.95 bits per heavy atom. The third-order valence-corrected chi connectivity index (χ3v) is 3.46. The Balaban J connectivity index is 2.18. The van der Waals surface area contributed by atoms with E-state index in [1.807, 2.05) is 13.8 Å². The monoisotopic (exact) mass is 280 g/mol. The molecule has 1 unspecified atom stereocenters. The van der Waals surface area contributed by atoms with Crippen LogP contribution in [0.5, 0.6) is 0 Å². The topological polar surface area (TPSA) is 50.4 Å². The zero-order valence-electron chi connectivity index (χ0n) is 12.0. The van der Waals surface area contributed by atoms with Crippen LogP contribution in [0.2, 0.25) is 0 Å². The number of carbonyl (C=O) groups excluding carboxylic acids is 1. The molecule has 1 aliphatic heterocycles. The summed E-state index contributed by atoms with van der Waals surface area (Å²) in [6.45, 7) is 5.60. The summed E-state index contributed by atoms with van der Waals surface area (Å²) in [5, 5.41) is 5.87. The van der Waals surface area contributed by atoms with E-state index in [2.05, 4.69) is 10.6 Å². The molecule has 1 amide bonds. The van der Waals surface area contributed by atoms with Crippen molar-refractivity contribution in [3.8, 4) is 0 Å². The predicted molar refractivity (Wildman–Crippen MR) is 76.5 cm³/mol. The minimum atomic E-state index is -0.412. The number of para-hydroxylation sites is 1. The molecule has 0 saturated carbocycles. The van der Waals surface area contributed by atoms with Gasteiger partial charge in [-0.15, -0.1) is 0 Å². The van der Waals surface area contributed by atoms with E-state index in [1.165, 1.54) is 6.07 Å². The number of halogens is 1. The summed E-state index contributed by atoms with van der Waals surface area (Å²) in [6.07, 6.45) is 1.78. The van der Waals surface area contributed by atoms with Crippen LogP contribution in [0, 0.1) is 5.82 Å². The van der Waals surface area contributed by atoms with E-state index in [9.17, 15) is 9.18 Å². The SMILES string of the molecule is CCNc1c(F)cccc1C(=O)NC1(C)CCCOC1. The molecule has 0 aliphatic carbocycles. The number of anilines is 1. The molecule has 1 aromatic rings. The molecule has 5 heteroatoms. The highest BCUT2D eigenvalue weighted by Gasteiger charge is 2.30. The maximum absolute atomic E-state index is 13.8. The second-order valence-corrected chi connectivity index (χ2v) is 5.36. The Bertz CT molecular complexity index is 485. The van der Waals surface area contributed by atoms with Gasteiger partial charge in [0.25, 0.3) is 5.91 Å². The molecule has 1 aliphatic rings. The Labute approximate surface area is 118 Å². The Hall–Kier alpha value is -1.62. The van der Waals surface area contributed by atoms with E-state index in [0.29, 0.717) is 18.7 Å². The zero-order chi connectivity index (χ0) is 14.6. The lowest BCUT2D eigenvalue weighted by Crippen LogP contribution is -2.51. The maximum Gasteiger partial charge on any atom is 0.253 e. The molecule has 20 heavy (non-hydrogen) atoms. The van der Waals surface area contributed by atoms with Gasteiger partial charge in [0.2, 0.25) is 0 Å². The van der Waals surface area contributed by atoms with Crippen LogP contribution >= 0.6 is 0 Å². The van der Waals surface area contributed by atoms with E-state index in [-0.39, 0.29) is 17.1 Å². The van der Waals surface area contributed by atoms with Gasteiger partial charge in [-0.1, -0.05) is 6.07 Å². The van der Waals surface area contributed by atoms with E-state index in [1.54, 1.807) is 12.1 Å². The summed E-state index contributed by atoms with van der Waals surface area (Å²) in [6, 6.07) is 4.52. The lowest BCUT2D eigenvalue weighted by molar-refractivity contribution is 0.0273. The first-order valence-corrected chi connectivity index (χ1v) is 6.98. The average Bonchev–Trinajstić information content (AvgIpc) is 2.41. The highest BCUT2D eigenvalue weighted by molar-refractivity contribution is 6.00. The van der Waals surface area contributed by atoms with Gasteiger partial charge >= 0.3 is 0 Å². The van der Waals surface area contributed by atoms with Gasteiger partial charge in [0, 0.05) is 13.2 Å². The molecule has 0 radical (unpaired) electrons. The summed E-state index contributed by atoms with van der Waals surface area (Å²) in [7, 11) is 0. The van der Waals surface area contributed by atoms with Crippen molar-refractivity contribution in [1.29, 1.82) is 0 Å². The van der Waals surface area contributed by atoms with Crippen molar-refractivity contribution < 1.29 is 13.9 Å². The van der Waals surface area contributed by atoms with Crippen LogP contribution in [0.25, 0.3) is 0 Å². The summed E-state index contributed by atoms with van der Waals surface area (Å²) in [5.41, 5.74) is 0.206. The normalized spacial score (nSPS) is 22.4. The van der Waals surface area contributed by atoms with Gasteiger partial charge in [-0.05, 0) is 38.8 Å². The first kappa shape index (κ1) is 14.8. The number of nitrogens with one attached hydrogen (secondary N) is 2. The molecular weight excluding hydrogens is 259 g/mol. The molecule has 0 bridgehead atoms. The smallest absolute Gasteiger partial charge is 0.253 e. The van der Waals surface area contributed by atoms with Crippen LogP contribution in [0.3, 0.4) is 0 Å². The predicted octanol–water partition coefficient (Wildman–Crippen LogP) is 2.56. The highest BCUT2D eigenvalue weighted by Crippen LogP contribution is 2.23. The molecule has 4 nitrogen and oxygen atoms in total. The number of rotatable bonds is 4. The number of benzene rings is 1. The van der Waals surface area contributed by atoms with Crippen molar-refractivity contribution in [2.75, 3.05) is 25.1 Å². The highest BCUT2D eigenvalue weighted by atomic mass is 19.1. The second-order valence-electron chi connectivity index (χ2n) is 5.36. The van der Waals surface area contributed by atoms with Crippen LogP contribution in [0.1, 0.15) is 37.0 Å². The van der Waals surface area contributed by atoms with Gasteiger partial charge in [-0.25, -0.2) is 4.39 Å². The van der Waals surface area contributed by atoms with Crippen LogP contribution in [-0.4, -0.2) is 31.2 Å². The van der Waals surface area contributed by atoms with Gasteiger partial charge in [0.05, 0.1) is 23.4 Å². The van der Waals surface area contributed by atoms with Crippen molar-refractivity contribution in [1.82, 2.24) is 5.32 Å². The minimum Gasteiger partial charge on any atom is -0.382 e. The molecule has 1 fully saturated rings. The number of ether oxygens (including phenoxy) is 1. The number of hydrogen-bond acceptors (Lipinski definition) is 3. The van der Waals surface area contributed by atoms with E-state index in [4.69, 9.17) is 4.74 Å². The first-order chi connectivity index (χ1) is 9.56. The van der Waals surface area contributed by atoms with Crippen molar-refractivity contribution in [3.05, 3.63) is 29.6 Å². The van der Waals surface area contributed by atoms with Crippen LogP contribution < -0.4 is 10.6 Å². The summed E-state index contributed by atoms with van der Waals surface area (Å²) in [5.74, 6) is -0.682. The van der Waals surface area contributed by atoms with E-state index < -0.39 is 5.82 Å². The van der Waals surface area contributed by atoms with E-state index in [0.717, 1.165) is 19.4 Å².